The van der Waals surface area contributed by atoms with Crippen molar-refractivity contribution < 1.29 is 4.74 Å². The predicted octanol–water partition coefficient (Wildman–Crippen LogP) is 1.97. The lowest BCUT2D eigenvalue weighted by Gasteiger charge is -2.07. The van der Waals surface area contributed by atoms with Gasteiger partial charge in [-0.2, -0.15) is 0 Å². The first kappa shape index (κ1) is 7.86. The summed E-state index contributed by atoms with van der Waals surface area (Å²) in [6.07, 6.45) is 5.94. The van der Waals surface area contributed by atoms with Crippen LogP contribution in [0.2, 0.25) is 0 Å². The quantitative estimate of drug-likeness (QED) is 0.843. The number of hydrogen-bond donors (Lipinski definition) is 1. The number of ether oxygens (including phenoxy) is 1. The van der Waals surface area contributed by atoms with Crippen molar-refractivity contribution in [2.75, 3.05) is 5.73 Å². The zero-order valence-electron chi connectivity index (χ0n) is 6.46. The summed E-state index contributed by atoms with van der Waals surface area (Å²) < 4.78 is 6.31. The summed E-state index contributed by atoms with van der Waals surface area (Å²) in [5.74, 6) is 0.687. The first-order valence-electron chi connectivity index (χ1n) is 3.83. The molecule has 1 aromatic heterocycles. The third kappa shape index (κ3) is 1.53. The second-order valence-corrected chi connectivity index (χ2v) is 3.70. The van der Waals surface area contributed by atoms with Gasteiger partial charge in [0.15, 0.2) is 5.75 Å². The minimum atomic E-state index is 0.364. The summed E-state index contributed by atoms with van der Waals surface area (Å²) >= 11 is 3.29. The van der Waals surface area contributed by atoms with Crippen LogP contribution in [0.5, 0.6) is 5.75 Å². The van der Waals surface area contributed by atoms with Crippen LogP contribution in [0.15, 0.2) is 16.9 Å². The molecule has 2 rings (SSSR count). The molecule has 12 heavy (non-hydrogen) atoms. The van der Waals surface area contributed by atoms with Crippen LogP contribution in [0.25, 0.3) is 0 Å². The number of pyridine rings is 1. The van der Waals surface area contributed by atoms with Crippen molar-refractivity contribution in [3.8, 4) is 5.75 Å². The number of anilines is 1. The van der Waals surface area contributed by atoms with Crippen molar-refractivity contribution in [1.82, 2.24) is 4.98 Å². The minimum Gasteiger partial charge on any atom is -0.487 e. The molecule has 0 atom stereocenters. The van der Waals surface area contributed by atoms with E-state index in [1.165, 1.54) is 0 Å². The summed E-state index contributed by atoms with van der Waals surface area (Å²) in [6.45, 7) is 0. The van der Waals surface area contributed by atoms with Crippen LogP contribution in [0.1, 0.15) is 12.8 Å². The highest BCUT2D eigenvalue weighted by molar-refractivity contribution is 9.10. The van der Waals surface area contributed by atoms with Gasteiger partial charge in [0.1, 0.15) is 0 Å². The summed E-state index contributed by atoms with van der Waals surface area (Å²) in [5.41, 5.74) is 6.38. The van der Waals surface area contributed by atoms with Crippen LogP contribution in [-0.2, 0) is 0 Å². The second kappa shape index (κ2) is 2.94. The topological polar surface area (TPSA) is 48.1 Å². The smallest absolute Gasteiger partial charge is 0.162 e. The fraction of sp³-hybridized carbons (Fsp3) is 0.375. The Balaban J connectivity index is 2.23. The number of nitrogens with two attached hydrogens (primary N) is 1. The third-order valence-corrected chi connectivity index (χ3v) is 2.35. The monoisotopic (exact) mass is 228 g/mol. The van der Waals surface area contributed by atoms with E-state index < -0.39 is 0 Å². The van der Waals surface area contributed by atoms with E-state index in [-0.39, 0.29) is 0 Å². The van der Waals surface area contributed by atoms with Crippen LogP contribution in [0, 0.1) is 0 Å². The predicted molar refractivity (Wildman–Crippen MR) is 50.0 cm³/mol. The standard InChI is InChI=1S/C8H9BrN2O/c9-6-3-11-4-7(8(6)10)12-5-1-2-5/h3-5H,1-2H2,(H2,10,11). The molecule has 1 saturated carbocycles. The fourth-order valence-corrected chi connectivity index (χ4v) is 1.20. The molecule has 2 N–H and O–H groups in total. The van der Waals surface area contributed by atoms with E-state index in [0.29, 0.717) is 17.5 Å². The van der Waals surface area contributed by atoms with Crippen LogP contribution in [-0.4, -0.2) is 11.1 Å². The van der Waals surface area contributed by atoms with E-state index in [9.17, 15) is 0 Å². The van der Waals surface area contributed by atoms with Crippen molar-refractivity contribution in [1.29, 1.82) is 0 Å². The molecular formula is C8H9BrN2O. The van der Waals surface area contributed by atoms with Crippen molar-refractivity contribution in [2.45, 2.75) is 18.9 Å². The Bertz CT molecular complexity index is 299. The zero-order chi connectivity index (χ0) is 8.55. The van der Waals surface area contributed by atoms with Crippen LogP contribution in [0.3, 0.4) is 0 Å². The Kier molecular flexibility index (Phi) is 1.92. The average molecular weight is 229 g/mol. The molecule has 0 bridgehead atoms. The molecule has 0 saturated heterocycles. The molecule has 1 aromatic rings. The molecule has 64 valence electrons. The lowest BCUT2D eigenvalue weighted by molar-refractivity contribution is 0.303. The van der Waals surface area contributed by atoms with Gasteiger partial charge in [0, 0.05) is 6.20 Å². The van der Waals surface area contributed by atoms with Gasteiger partial charge in [-0.15, -0.1) is 0 Å². The molecule has 0 spiro atoms. The molecule has 0 aromatic carbocycles. The number of nitrogen functional groups attached to an aromatic ring is 1. The van der Waals surface area contributed by atoms with Crippen LogP contribution < -0.4 is 10.5 Å². The number of rotatable bonds is 2. The van der Waals surface area contributed by atoms with E-state index in [1.54, 1.807) is 12.4 Å². The van der Waals surface area contributed by atoms with E-state index in [0.717, 1.165) is 17.3 Å². The van der Waals surface area contributed by atoms with Crippen molar-refractivity contribution >= 4 is 21.6 Å². The molecule has 3 nitrogen and oxygen atoms in total. The van der Waals surface area contributed by atoms with Gasteiger partial charge in [-0.25, -0.2) is 0 Å². The van der Waals surface area contributed by atoms with Gasteiger partial charge < -0.3 is 10.5 Å². The van der Waals surface area contributed by atoms with Gasteiger partial charge >= 0.3 is 0 Å². The normalized spacial score (nSPS) is 16.1. The molecule has 1 heterocycles. The molecule has 4 heteroatoms. The van der Waals surface area contributed by atoms with Crippen molar-refractivity contribution in [3.05, 3.63) is 16.9 Å². The summed E-state index contributed by atoms with van der Waals surface area (Å²) in [7, 11) is 0. The maximum atomic E-state index is 5.75. The molecule has 0 radical (unpaired) electrons. The van der Waals surface area contributed by atoms with Gasteiger partial charge in [-0.3, -0.25) is 4.98 Å². The zero-order valence-corrected chi connectivity index (χ0v) is 8.04. The lowest BCUT2D eigenvalue weighted by atomic mass is 10.4. The van der Waals surface area contributed by atoms with E-state index >= 15 is 0 Å². The molecule has 1 aliphatic carbocycles. The van der Waals surface area contributed by atoms with Gasteiger partial charge in [0.05, 0.1) is 22.5 Å². The second-order valence-electron chi connectivity index (χ2n) is 2.85. The highest BCUT2D eigenvalue weighted by atomic mass is 79.9. The maximum absolute atomic E-state index is 5.75. The number of hydrogen-bond acceptors (Lipinski definition) is 3. The molecule has 0 amide bonds. The molecular weight excluding hydrogens is 220 g/mol. The van der Waals surface area contributed by atoms with E-state index in [4.69, 9.17) is 10.5 Å². The van der Waals surface area contributed by atoms with Crippen LogP contribution >= 0.6 is 15.9 Å². The van der Waals surface area contributed by atoms with E-state index in [1.807, 2.05) is 0 Å². The summed E-state index contributed by atoms with van der Waals surface area (Å²) in [5, 5.41) is 0. The van der Waals surface area contributed by atoms with E-state index in [2.05, 4.69) is 20.9 Å². The highest BCUT2D eigenvalue weighted by Crippen LogP contribution is 2.33. The lowest BCUT2D eigenvalue weighted by Crippen LogP contribution is -2.00. The van der Waals surface area contributed by atoms with Crippen LogP contribution in [0.4, 0.5) is 5.69 Å². The van der Waals surface area contributed by atoms with Crippen molar-refractivity contribution in [2.24, 2.45) is 0 Å². The number of halogens is 1. The first-order valence-corrected chi connectivity index (χ1v) is 4.62. The summed E-state index contributed by atoms with van der Waals surface area (Å²) in [4.78, 5) is 3.97. The minimum absolute atomic E-state index is 0.364. The number of aromatic nitrogens is 1. The van der Waals surface area contributed by atoms with Crippen molar-refractivity contribution in [3.63, 3.8) is 0 Å². The Morgan fingerprint density at radius 1 is 1.50 bits per heavy atom. The first-order chi connectivity index (χ1) is 5.77. The molecule has 1 aliphatic rings. The Labute approximate surface area is 79.1 Å². The molecule has 1 fully saturated rings. The SMILES string of the molecule is Nc1c(Br)cncc1OC1CC1. The fourth-order valence-electron chi connectivity index (χ4n) is 0.887. The molecule has 0 aliphatic heterocycles. The van der Waals surface area contributed by atoms with Gasteiger partial charge in [-0.1, -0.05) is 0 Å². The largest absolute Gasteiger partial charge is 0.487 e. The third-order valence-electron chi connectivity index (χ3n) is 1.72. The Morgan fingerprint density at radius 3 is 2.92 bits per heavy atom. The van der Waals surface area contributed by atoms with Gasteiger partial charge in [0.25, 0.3) is 0 Å². The Morgan fingerprint density at radius 2 is 2.25 bits per heavy atom. The maximum Gasteiger partial charge on any atom is 0.162 e. The average Bonchev–Trinajstić information content (AvgIpc) is 2.83. The summed E-state index contributed by atoms with van der Waals surface area (Å²) in [6, 6.07) is 0. The van der Waals surface area contributed by atoms with Gasteiger partial charge in [-0.05, 0) is 28.8 Å². The molecule has 0 unspecified atom stereocenters. The highest BCUT2D eigenvalue weighted by Gasteiger charge is 2.24. The van der Waals surface area contributed by atoms with Gasteiger partial charge in [0.2, 0.25) is 0 Å². The Hall–Kier alpha value is -0.770. The number of nitrogens with zero attached hydrogens (tertiary/aromatic N) is 1.